The standard InChI is InChI=1S/C16H17NO3/c1-16(2,3)14(18)9-12-6-4-11(5-7-12)8-13(10-17)15(19)20/h4-8H,9H2,1-3H3,(H,19,20)/b13-8+. The van der Waals surface area contributed by atoms with E-state index in [1.165, 1.54) is 6.08 Å². The number of hydrogen-bond acceptors (Lipinski definition) is 3. The van der Waals surface area contributed by atoms with Crippen molar-refractivity contribution < 1.29 is 14.7 Å². The first kappa shape index (κ1) is 15.6. The van der Waals surface area contributed by atoms with Gasteiger partial charge in [-0.15, -0.1) is 0 Å². The van der Waals surface area contributed by atoms with E-state index in [9.17, 15) is 9.59 Å². The van der Waals surface area contributed by atoms with E-state index >= 15 is 0 Å². The number of carbonyl (C=O) groups is 2. The first-order valence-electron chi connectivity index (χ1n) is 6.21. The minimum absolute atomic E-state index is 0.143. The van der Waals surface area contributed by atoms with Gasteiger partial charge in [0.05, 0.1) is 0 Å². The van der Waals surface area contributed by atoms with E-state index in [0.717, 1.165) is 5.56 Å². The summed E-state index contributed by atoms with van der Waals surface area (Å²) in [6.07, 6.45) is 1.65. The predicted octanol–water partition coefficient (Wildman–Crippen LogP) is 2.84. The minimum atomic E-state index is -1.25. The Hall–Kier alpha value is -2.41. The average Bonchev–Trinajstić information content (AvgIpc) is 2.36. The van der Waals surface area contributed by atoms with Crippen LogP contribution in [-0.4, -0.2) is 16.9 Å². The lowest BCUT2D eigenvalue weighted by atomic mass is 9.87. The van der Waals surface area contributed by atoms with Crippen molar-refractivity contribution in [3.05, 3.63) is 41.0 Å². The summed E-state index contributed by atoms with van der Waals surface area (Å²) in [5.41, 5.74) is 0.797. The largest absolute Gasteiger partial charge is 0.477 e. The molecule has 0 atom stereocenters. The molecule has 0 aliphatic carbocycles. The number of hydrogen-bond donors (Lipinski definition) is 1. The van der Waals surface area contributed by atoms with Crippen molar-refractivity contribution in [1.82, 2.24) is 0 Å². The number of ketones is 1. The SMILES string of the molecule is CC(C)(C)C(=O)Cc1ccc(/C=C(\C#N)C(=O)O)cc1. The average molecular weight is 271 g/mol. The highest BCUT2D eigenvalue weighted by Crippen LogP contribution is 2.18. The summed E-state index contributed by atoms with van der Waals surface area (Å²) in [6.45, 7) is 5.62. The van der Waals surface area contributed by atoms with E-state index in [4.69, 9.17) is 10.4 Å². The van der Waals surface area contributed by atoms with Gasteiger partial charge in [0, 0.05) is 11.8 Å². The lowest BCUT2D eigenvalue weighted by molar-refractivity contribution is -0.132. The third-order valence-electron chi connectivity index (χ3n) is 2.84. The summed E-state index contributed by atoms with van der Waals surface area (Å²) in [7, 11) is 0. The van der Waals surface area contributed by atoms with Gasteiger partial charge in [0.15, 0.2) is 0 Å². The van der Waals surface area contributed by atoms with Crippen molar-refractivity contribution in [3.63, 3.8) is 0 Å². The van der Waals surface area contributed by atoms with Crippen LogP contribution in [0.3, 0.4) is 0 Å². The van der Waals surface area contributed by atoms with Crippen LogP contribution in [0.2, 0.25) is 0 Å². The second kappa shape index (κ2) is 6.16. The Morgan fingerprint density at radius 1 is 1.25 bits per heavy atom. The molecule has 1 rings (SSSR count). The van der Waals surface area contributed by atoms with Gasteiger partial charge in [0.1, 0.15) is 17.4 Å². The zero-order chi connectivity index (χ0) is 15.3. The maximum atomic E-state index is 11.9. The quantitative estimate of drug-likeness (QED) is 0.674. The number of Topliss-reactive ketones (excluding diaryl/α,β-unsaturated/α-hetero) is 1. The third-order valence-corrected chi connectivity index (χ3v) is 2.84. The molecule has 0 saturated heterocycles. The summed E-state index contributed by atoms with van der Waals surface area (Å²) >= 11 is 0. The van der Waals surface area contributed by atoms with Crippen molar-refractivity contribution in [3.8, 4) is 6.07 Å². The molecular weight excluding hydrogens is 254 g/mol. The number of carboxylic acids is 1. The molecule has 0 aliphatic heterocycles. The number of nitriles is 1. The van der Waals surface area contributed by atoms with Crippen molar-refractivity contribution in [2.24, 2.45) is 5.41 Å². The molecule has 0 bridgehead atoms. The molecule has 0 radical (unpaired) electrons. The molecule has 0 aliphatic rings. The summed E-state index contributed by atoms with van der Waals surface area (Å²) in [5.74, 6) is -1.11. The van der Waals surface area contributed by atoms with Crippen molar-refractivity contribution in [2.45, 2.75) is 27.2 Å². The maximum Gasteiger partial charge on any atom is 0.346 e. The predicted molar refractivity (Wildman–Crippen MR) is 75.8 cm³/mol. The fourth-order valence-corrected chi connectivity index (χ4v) is 1.49. The highest BCUT2D eigenvalue weighted by Gasteiger charge is 2.20. The van der Waals surface area contributed by atoms with E-state index in [-0.39, 0.29) is 16.8 Å². The van der Waals surface area contributed by atoms with Crippen LogP contribution in [0.15, 0.2) is 29.8 Å². The highest BCUT2D eigenvalue weighted by molar-refractivity contribution is 5.96. The first-order valence-corrected chi connectivity index (χ1v) is 6.21. The van der Waals surface area contributed by atoms with Crippen LogP contribution in [0.5, 0.6) is 0 Å². The zero-order valence-corrected chi connectivity index (χ0v) is 11.8. The Balaban J connectivity index is 2.88. The molecule has 1 aromatic carbocycles. The molecule has 4 heteroatoms. The van der Waals surface area contributed by atoms with Crippen LogP contribution in [0.4, 0.5) is 0 Å². The normalized spacial score (nSPS) is 11.8. The van der Waals surface area contributed by atoms with Crippen LogP contribution in [0.25, 0.3) is 6.08 Å². The Kier molecular flexibility index (Phi) is 4.82. The van der Waals surface area contributed by atoms with Gasteiger partial charge in [-0.1, -0.05) is 45.0 Å². The summed E-state index contributed by atoms with van der Waals surface area (Å²) in [4.78, 5) is 22.6. The van der Waals surface area contributed by atoms with Gasteiger partial charge in [-0.3, -0.25) is 4.79 Å². The molecule has 20 heavy (non-hydrogen) atoms. The van der Waals surface area contributed by atoms with Gasteiger partial charge >= 0.3 is 5.97 Å². The van der Waals surface area contributed by atoms with Crippen molar-refractivity contribution in [2.75, 3.05) is 0 Å². The van der Waals surface area contributed by atoms with Crippen LogP contribution < -0.4 is 0 Å². The van der Waals surface area contributed by atoms with Crippen molar-refractivity contribution in [1.29, 1.82) is 5.26 Å². The smallest absolute Gasteiger partial charge is 0.346 e. The second-order valence-corrected chi connectivity index (χ2v) is 5.57. The molecule has 1 N–H and O–H groups in total. The van der Waals surface area contributed by atoms with Gasteiger partial charge in [-0.05, 0) is 17.2 Å². The minimum Gasteiger partial charge on any atom is -0.477 e. The molecule has 0 fully saturated rings. The fraction of sp³-hybridized carbons (Fsp3) is 0.312. The first-order chi connectivity index (χ1) is 9.24. The topological polar surface area (TPSA) is 78.2 Å². The molecule has 0 spiro atoms. The van der Waals surface area contributed by atoms with Gasteiger partial charge in [-0.25, -0.2) is 4.79 Å². The second-order valence-electron chi connectivity index (χ2n) is 5.57. The fourth-order valence-electron chi connectivity index (χ4n) is 1.49. The van der Waals surface area contributed by atoms with Crippen LogP contribution in [-0.2, 0) is 16.0 Å². The molecule has 0 amide bonds. The number of carboxylic acid groups (broad SMARTS) is 1. The van der Waals surface area contributed by atoms with Gasteiger partial charge in [0.25, 0.3) is 0 Å². The Morgan fingerprint density at radius 3 is 2.20 bits per heavy atom. The Bertz CT molecular complexity index is 584. The van der Waals surface area contributed by atoms with Crippen LogP contribution in [0.1, 0.15) is 31.9 Å². The van der Waals surface area contributed by atoms with Gasteiger partial charge < -0.3 is 5.11 Å². The zero-order valence-electron chi connectivity index (χ0n) is 11.8. The van der Waals surface area contributed by atoms with Crippen molar-refractivity contribution >= 4 is 17.8 Å². The van der Waals surface area contributed by atoms with Gasteiger partial charge in [-0.2, -0.15) is 5.26 Å². The molecule has 0 unspecified atom stereocenters. The summed E-state index contributed by atoms with van der Waals surface area (Å²) in [6, 6.07) is 8.56. The summed E-state index contributed by atoms with van der Waals surface area (Å²) < 4.78 is 0. The summed E-state index contributed by atoms with van der Waals surface area (Å²) in [5, 5.41) is 17.4. The molecule has 1 aromatic rings. The molecule has 0 aromatic heterocycles. The number of aliphatic carboxylic acids is 1. The Morgan fingerprint density at radius 2 is 1.80 bits per heavy atom. The highest BCUT2D eigenvalue weighted by atomic mass is 16.4. The lowest BCUT2D eigenvalue weighted by Gasteiger charge is -2.16. The molecule has 0 heterocycles. The molecule has 0 saturated carbocycles. The lowest BCUT2D eigenvalue weighted by Crippen LogP contribution is -2.21. The van der Waals surface area contributed by atoms with E-state index < -0.39 is 5.97 Å². The molecule has 4 nitrogen and oxygen atoms in total. The van der Waals surface area contributed by atoms with E-state index in [1.54, 1.807) is 30.3 Å². The maximum absolute atomic E-state index is 11.9. The van der Waals surface area contributed by atoms with Gasteiger partial charge in [0.2, 0.25) is 0 Å². The van der Waals surface area contributed by atoms with Crippen LogP contribution >= 0.6 is 0 Å². The Labute approximate surface area is 118 Å². The van der Waals surface area contributed by atoms with Crippen LogP contribution in [0, 0.1) is 16.7 Å². The number of rotatable bonds is 4. The molecular formula is C16H17NO3. The third kappa shape index (κ3) is 4.36. The monoisotopic (exact) mass is 271 g/mol. The van der Waals surface area contributed by atoms with E-state index in [1.807, 2.05) is 20.8 Å². The molecule has 104 valence electrons. The van der Waals surface area contributed by atoms with E-state index in [2.05, 4.69) is 0 Å². The number of carbonyl (C=O) groups excluding carboxylic acids is 1. The van der Waals surface area contributed by atoms with E-state index in [0.29, 0.717) is 12.0 Å². The number of benzene rings is 1. The number of nitrogens with zero attached hydrogens (tertiary/aromatic N) is 1.